The number of alkyl halides is 2. The number of rotatable bonds is 10. The number of allylic oxidation sites excluding steroid dienone is 1. The topological polar surface area (TPSA) is 182 Å². The fourth-order valence-corrected chi connectivity index (χ4v) is 9.07. The van der Waals surface area contributed by atoms with Gasteiger partial charge in [-0.2, -0.15) is 0 Å². The van der Waals surface area contributed by atoms with Crippen LogP contribution in [0.15, 0.2) is 42.6 Å². The summed E-state index contributed by atoms with van der Waals surface area (Å²) in [6.07, 6.45) is 3.31. The van der Waals surface area contributed by atoms with Crippen LogP contribution in [-0.2, 0) is 29.1 Å². The molecule has 17 heteroatoms. The maximum atomic E-state index is 14.9. The zero-order chi connectivity index (χ0) is 41.5. The molecule has 6 rings (SSSR count). The van der Waals surface area contributed by atoms with Crippen LogP contribution in [0.3, 0.4) is 0 Å². The summed E-state index contributed by atoms with van der Waals surface area (Å²) in [6.45, 7) is 7.42. The Hall–Kier alpha value is -4.54. The van der Waals surface area contributed by atoms with Gasteiger partial charge in [0.25, 0.3) is 12.3 Å². The summed E-state index contributed by atoms with van der Waals surface area (Å²) in [5.74, 6) is -2.34. The van der Waals surface area contributed by atoms with Crippen molar-refractivity contribution in [3.05, 3.63) is 42.6 Å². The van der Waals surface area contributed by atoms with Crippen molar-refractivity contribution >= 4 is 44.6 Å². The average Bonchev–Trinajstić information content (AvgIpc) is 4.04. The van der Waals surface area contributed by atoms with Gasteiger partial charge in [0.15, 0.2) is 5.60 Å². The van der Waals surface area contributed by atoms with Crippen LogP contribution in [0.25, 0.3) is 10.8 Å². The second-order valence-corrected chi connectivity index (χ2v) is 19.0. The summed E-state index contributed by atoms with van der Waals surface area (Å²) in [7, 11) is -2.50. The predicted molar refractivity (Wildman–Crippen MR) is 206 cm³/mol. The molecule has 57 heavy (non-hydrogen) atoms. The molecule has 0 spiro atoms. The monoisotopic (exact) mass is 817 g/mol. The lowest BCUT2D eigenvalue weighted by molar-refractivity contribution is -0.142. The highest BCUT2D eigenvalue weighted by molar-refractivity contribution is 7.91. The molecule has 2 aliphatic carbocycles. The molecule has 0 radical (unpaired) electrons. The highest BCUT2D eigenvalue weighted by Gasteiger charge is 2.63. The average molecular weight is 818 g/mol. The lowest BCUT2D eigenvalue weighted by atomic mass is 9.85. The number of halogens is 2. The Morgan fingerprint density at radius 3 is 2.56 bits per heavy atom. The van der Waals surface area contributed by atoms with Crippen molar-refractivity contribution < 1.29 is 50.6 Å². The molecule has 1 saturated heterocycles. The number of fused-ring (bicyclic) bond motifs is 3. The van der Waals surface area contributed by atoms with Crippen LogP contribution in [-0.4, -0.2) is 96.3 Å². The smallest absolute Gasteiger partial charge is 0.408 e. The number of hydrogen-bond acceptors (Lipinski definition) is 10. The first-order chi connectivity index (χ1) is 26.8. The number of benzene rings is 1. The number of ether oxygens (including phenoxy) is 3. The Balaban J connectivity index is 1.36. The summed E-state index contributed by atoms with van der Waals surface area (Å²) in [4.78, 5) is 62.3. The molecule has 14 nitrogen and oxygen atoms in total. The van der Waals surface area contributed by atoms with Crippen molar-refractivity contribution in [2.45, 2.75) is 126 Å². The number of pyridine rings is 1. The molecule has 2 aromatic rings. The first-order valence-electron chi connectivity index (χ1n) is 19.6. The van der Waals surface area contributed by atoms with Gasteiger partial charge >= 0.3 is 6.09 Å². The van der Waals surface area contributed by atoms with Crippen LogP contribution < -0.4 is 24.8 Å². The third-order valence-electron chi connectivity index (χ3n) is 12.0. The number of alkyl carbamates (subject to hydrolysis) is 1. The molecule has 0 unspecified atom stereocenters. The summed E-state index contributed by atoms with van der Waals surface area (Å²) in [5.41, 5.74) is -3.76. The summed E-state index contributed by atoms with van der Waals surface area (Å²) in [6, 6.07) is 4.59. The summed E-state index contributed by atoms with van der Waals surface area (Å²) in [5, 5.41) is 6.84. The van der Waals surface area contributed by atoms with Crippen molar-refractivity contribution in [2.75, 3.05) is 13.7 Å². The fourth-order valence-electron chi connectivity index (χ4n) is 7.76. The van der Waals surface area contributed by atoms with Gasteiger partial charge in [-0.25, -0.2) is 27.0 Å². The summed E-state index contributed by atoms with van der Waals surface area (Å²) >= 11 is 0. The van der Waals surface area contributed by atoms with E-state index in [-0.39, 0.29) is 31.2 Å². The fraction of sp³-hybridized carbons (Fsp3) is 0.625. The second kappa shape index (κ2) is 16.0. The standard InChI is InChI=1S/C40H53F2N5O9S/c1-7-24-18-23(2)10-8-9-11-26-21-40(26,36(50)46-57(52,53)39(5)15-16-39)45-32(48)30-20-28(55-33-29-13-12-27(54-6)19-25(29)14-17-43-33)22-47(30)34(49)31(24)44-37(51)56-38(3,4)35(41)42/h9,11-14,17,19,23-24,26,28,30-31,35H,7-8,10,15-16,18,20-22H2,1-6H3,(H,44,51)(H,45,48)(H,46,50)/b11-9-/t23-,24-,26-,28-,30+,31+,40-/m1/s1. The Kier molecular flexibility index (Phi) is 11.8. The van der Waals surface area contributed by atoms with E-state index >= 15 is 0 Å². The second-order valence-electron chi connectivity index (χ2n) is 16.8. The first-order valence-corrected chi connectivity index (χ1v) is 21.0. The van der Waals surface area contributed by atoms with Crippen molar-refractivity contribution in [3.8, 4) is 11.6 Å². The van der Waals surface area contributed by atoms with E-state index in [4.69, 9.17) is 14.2 Å². The van der Waals surface area contributed by atoms with E-state index in [9.17, 15) is 36.4 Å². The maximum absolute atomic E-state index is 14.9. The highest BCUT2D eigenvalue weighted by Crippen LogP contribution is 2.47. The Bertz CT molecular complexity index is 2030. The van der Waals surface area contributed by atoms with Crippen molar-refractivity contribution in [1.29, 1.82) is 0 Å². The minimum Gasteiger partial charge on any atom is -0.497 e. The molecular weight excluding hydrogens is 765 g/mol. The van der Waals surface area contributed by atoms with Crippen LogP contribution in [0.4, 0.5) is 13.6 Å². The van der Waals surface area contributed by atoms with Gasteiger partial charge in [0.1, 0.15) is 29.5 Å². The molecule has 1 aromatic carbocycles. The number of carbonyl (C=O) groups is 4. The van der Waals surface area contributed by atoms with E-state index in [0.717, 1.165) is 19.2 Å². The molecule has 2 saturated carbocycles. The third kappa shape index (κ3) is 8.82. The highest BCUT2D eigenvalue weighted by atomic mass is 32.2. The number of methoxy groups -OCH3 is 1. The molecule has 4 aliphatic rings. The quantitative estimate of drug-likeness (QED) is 0.276. The first kappa shape index (κ1) is 42.1. The zero-order valence-corrected chi connectivity index (χ0v) is 34.0. The minimum absolute atomic E-state index is 0.0355. The van der Waals surface area contributed by atoms with Gasteiger partial charge in [-0.05, 0) is 101 Å². The van der Waals surface area contributed by atoms with E-state index in [1.165, 1.54) is 4.90 Å². The van der Waals surface area contributed by atoms with E-state index in [1.807, 2.05) is 32.1 Å². The van der Waals surface area contributed by atoms with Gasteiger partial charge in [-0.15, -0.1) is 0 Å². The molecule has 7 atom stereocenters. The van der Waals surface area contributed by atoms with Gasteiger partial charge in [-0.1, -0.05) is 32.4 Å². The Labute approximate surface area is 331 Å². The molecule has 2 aliphatic heterocycles. The van der Waals surface area contributed by atoms with Crippen LogP contribution in [0.5, 0.6) is 11.6 Å². The third-order valence-corrected chi connectivity index (χ3v) is 14.1. The Morgan fingerprint density at radius 1 is 1.16 bits per heavy atom. The maximum Gasteiger partial charge on any atom is 0.408 e. The minimum atomic E-state index is -4.05. The number of hydrogen-bond donors (Lipinski definition) is 3. The number of amides is 4. The zero-order valence-electron chi connectivity index (χ0n) is 33.2. The number of sulfonamides is 1. The van der Waals surface area contributed by atoms with Gasteiger partial charge in [-0.3, -0.25) is 19.1 Å². The van der Waals surface area contributed by atoms with Crippen LogP contribution in [0.1, 0.15) is 86.0 Å². The molecule has 4 amide bonds. The van der Waals surface area contributed by atoms with Crippen molar-refractivity contribution in [3.63, 3.8) is 0 Å². The molecule has 3 fully saturated rings. The molecule has 3 N–H and O–H groups in total. The van der Waals surface area contributed by atoms with E-state index < -0.39 is 86.2 Å². The van der Waals surface area contributed by atoms with Crippen molar-refractivity contribution in [2.24, 2.45) is 17.8 Å². The van der Waals surface area contributed by atoms with Gasteiger partial charge in [0.2, 0.25) is 27.7 Å². The van der Waals surface area contributed by atoms with Gasteiger partial charge < -0.3 is 29.7 Å². The molecule has 0 bridgehead atoms. The molecular formula is C40H53F2N5O9S. The number of aromatic nitrogens is 1. The lowest BCUT2D eigenvalue weighted by Gasteiger charge is -2.34. The van der Waals surface area contributed by atoms with Crippen LogP contribution in [0.2, 0.25) is 0 Å². The number of nitrogens with one attached hydrogen (secondary N) is 3. The van der Waals surface area contributed by atoms with E-state index in [0.29, 0.717) is 49.7 Å². The van der Waals surface area contributed by atoms with Crippen molar-refractivity contribution in [1.82, 2.24) is 25.2 Å². The number of carbonyl (C=O) groups excluding carboxylic acids is 4. The predicted octanol–water partition coefficient (Wildman–Crippen LogP) is 5.01. The largest absolute Gasteiger partial charge is 0.497 e. The van der Waals surface area contributed by atoms with Gasteiger partial charge in [0.05, 0.1) is 18.4 Å². The van der Waals surface area contributed by atoms with E-state index in [2.05, 4.69) is 20.3 Å². The van der Waals surface area contributed by atoms with Crippen LogP contribution >= 0.6 is 0 Å². The van der Waals surface area contributed by atoms with E-state index in [1.54, 1.807) is 38.4 Å². The Morgan fingerprint density at radius 2 is 1.89 bits per heavy atom. The summed E-state index contributed by atoms with van der Waals surface area (Å²) < 4.78 is 71.9. The normalized spacial score (nSPS) is 29.5. The SMILES string of the molecule is CC[C@@H]1C[C@H](C)CC/C=C\[C@@H]2C[C@@]2(C(=O)NS(=O)(=O)C2(C)CC2)NC(=O)[C@@H]2C[C@@H](Oc3nccc4cc(OC)ccc34)CN2C(=O)[C@H]1NC(=O)OC(C)(C)C(F)F. The number of nitrogens with zero attached hydrogens (tertiary/aromatic N) is 2. The van der Waals surface area contributed by atoms with Gasteiger partial charge in [0, 0.05) is 23.9 Å². The lowest BCUT2D eigenvalue weighted by Crippen LogP contribution is -2.59. The van der Waals surface area contributed by atoms with Crippen LogP contribution in [0, 0.1) is 17.8 Å². The molecule has 3 heterocycles. The molecule has 312 valence electrons. The molecule has 1 aromatic heterocycles.